The maximum Gasteiger partial charge on any atom is 0.242 e. The predicted octanol–water partition coefficient (Wildman–Crippen LogP) is 3.63. The first-order chi connectivity index (χ1) is 9.56. The summed E-state index contributed by atoms with van der Waals surface area (Å²) in [5.41, 5.74) is 2.47. The van der Waals surface area contributed by atoms with Gasteiger partial charge in [0.05, 0.1) is 0 Å². The van der Waals surface area contributed by atoms with Crippen LogP contribution in [0.3, 0.4) is 0 Å². The minimum atomic E-state index is 0.181. The highest BCUT2D eigenvalue weighted by atomic mass is 16.2. The summed E-state index contributed by atoms with van der Waals surface area (Å²) in [6.07, 6.45) is 2.01. The Morgan fingerprint density at radius 3 is 2.50 bits per heavy atom. The van der Waals surface area contributed by atoms with E-state index in [1.54, 1.807) is 0 Å². The summed E-state index contributed by atoms with van der Waals surface area (Å²) in [5.74, 6) is 0.709. The Kier molecular flexibility index (Phi) is 4.48. The maximum atomic E-state index is 12.2. The van der Waals surface area contributed by atoms with E-state index in [1.165, 1.54) is 10.9 Å². The molecule has 1 aromatic carbocycles. The van der Waals surface area contributed by atoms with E-state index in [1.807, 2.05) is 29.5 Å². The number of hydrogen-bond donors (Lipinski definition) is 0. The van der Waals surface area contributed by atoms with E-state index in [0.717, 1.165) is 18.6 Å². The van der Waals surface area contributed by atoms with Crippen LogP contribution < -0.4 is 0 Å². The molecule has 0 bridgehead atoms. The van der Waals surface area contributed by atoms with Crippen LogP contribution in [-0.2, 0) is 11.3 Å². The zero-order valence-corrected chi connectivity index (χ0v) is 12.9. The molecule has 0 aliphatic carbocycles. The van der Waals surface area contributed by atoms with Gasteiger partial charge >= 0.3 is 0 Å². The SMILES string of the molecule is CCN(CC)C(=O)Cn1ccc2cc(C(C)C)ccc21. The molecule has 0 saturated heterocycles. The lowest BCUT2D eigenvalue weighted by Crippen LogP contribution is -2.33. The van der Waals surface area contributed by atoms with E-state index >= 15 is 0 Å². The van der Waals surface area contributed by atoms with Gasteiger partial charge in [0.2, 0.25) is 5.91 Å². The summed E-state index contributed by atoms with van der Waals surface area (Å²) >= 11 is 0. The Morgan fingerprint density at radius 1 is 1.20 bits per heavy atom. The van der Waals surface area contributed by atoms with Crippen molar-refractivity contribution in [3.8, 4) is 0 Å². The average Bonchev–Trinajstić information content (AvgIpc) is 2.82. The van der Waals surface area contributed by atoms with Gasteiger partial charge in [-0.05, 0) is 48.9 Å². The van der Waals surface area contributed by atoms with Gasteiger partial charge in [-0.2, -0.15) is 0 Å². The minimum Gasteiger partial charge on any atom is -0.342 e. The smallest absolute Gasteiger partial charge is 0.242 e. The zero-order chi connectivity index (χ0) is 14.7. The van der Waals surface area contributed by atoms with Crippen molar-refractivity contribution in [2.24, 2.45) is 0 Å². The highest BCUT2D eigenvalue weighted by Crippen LogP contribution is 2.22. The van der Waals surface area contributed by atoms with Crippen LogP contribution in [0.25, 0.3) is 10.9 Å². The summed E-state index contributed by atoms with van der Waals surface area (Å²) < 4.78 is 2.04. The van der Waals surface area contributed by atoms with E-state index in [2.05, 4.69) is 38.1 Å². The number of amides is 1. The van der Waals surface area contributed by atoms with Gasteiger partial charge in [0.25, 0.3) is 0 Å². The van der Waals surface area contributed by atoms with E-state index in [-0.39, 0.29) is 5.91 Å². The van der Waals surface area contributed by atoms with Crippen molar-refractivity contribution in [1.82, 2.24) is 9.47 Å². The van der Waals surface area contributed by atoms with E-state index in [0.29, 0.717) is 12.5 Å². The van der Waals surface area contributed by atoms with Crippen molar-refractivity contribution in [2.45, 2.75) is 40.2 Å². The van der Waals surface area contributed by atoms with Gasteiger partial charge in [0.1, 0.15) is 6.54 Å². The van der Waals surface area contributed by atoms with E-state index in [4.69, 9.17) is 0 Å². The van der Waals surface area contributed by atoms with Crippen molar-refractivity contribution in [3.63, 3.8) is 0 Å². The Balaban J connectivity index is 2.26. The van der Waals surface area contributed by atoms with Crippen LogP contribution in [0.5, 0.6) is 0 Å². The molecule has 0 spiro atoms. The molecule has 3 heteroatoms. The van der Waals surface area contributed by atoms with Crippen LogP contribution in [0.4, 0.5) is 0 Å². The number of carbonyl (C=O) groups excluding carboxylic acids is 1. The highest BCUT2D eigenvalue weighted by Gasteiger charge is 2.12. The van der Waals surface area contributed by atoms with Crippen molar-refractivity contribution in [2.75, 3.05) is 13.1 Å². The van der Waals surface area contributed by atoms with Gasteiger partial charge in [0, 0.05) is 24.8 Å². The van der Waals surface area contributed by atoms with Crippen molar-refractivity contribution in [3.05, 3.63) is 36.0 Å². The molecule has 0 atom stereocenters. The molecule has 20 heavy (non-hydrogen) atoms. The van der Waals surface area contributed by atoms with Crippen LogP contribution in [0.15, 0.2) is 30.5 Å². The number of rotatable bonds is 5. The monoisotopic (exact) mass is 272 g/mol. The lowest BCUT2D eigenvalue weighted by Gasteiger charge is -2.19. The van der Waals surface area contributed by atoms with Crippen LogP contribution in [0.2, 0.25) is 0 Å². The van der Waals surface area contributed by atoms with Gasteiger partial charge < -0.3 is 9.47 Å². The molecule has 108 valence electrons. The summed E-state index contributed by atoms with van der Waals surface area (Å²) in [6.45, 7) is 10.4. The molecular weight excluding hydrogens is 248 g/mol. The Hall–Kier alpha value is -1.77. The number of hydrogen-bond acceptors (Lipinski definition) is 1. The Labute approximate surface area is 121 Å². The largest absolute Gasteiger partial charge is 0.342 e. The number of carbonyl (C=O) groups is 1. The molecule has 0 aliphatic heterocycles. The molecule has 1 amide bonds. The first-order valence-electron chi connectivity index (χ1n) is 7.43. The van der Waals surface area contributed by atoms with Crippen LogP contribution in [0, 0.1) is 0 Å². The van der Waals surface area contributed by atoms with Gasteiger partial charge in [-0.25, -0.2) is 0 Å². The number of likely N-dealkylation sites (N-methyl/N-ethyl adjacent to an activating group) is 1. The first kappa shape index (κ1) is 14.6. The zero-order valence-electron chi connectivity index (χ0n) is 12.9. The molecule has 0 saturated carbocycles. The second-order valence-corrected chi connectivity index (χ2v) is 5.48. The second-order valence-electron chi connectivity index (χ2n) is 5.48. The maximum absolute atomic E-state index is 12.2. The molecule has 2 aromatic rings. The lowest BCUT2D eigenvalue weighted by molar-refractivity contribution is -0.131. The average molecular weight is 272 g/mol. The number of aromatic nitrogens is 1. The first-order valence-corrected chi connectivity index (χ1v) is 7.43. The standard InChI is InChI=1S/C17H24N2O/c1-5-18(6-2)17(20)12-19-10-9-15-11-14(13(3)4)7-8-16(15)19/h7-11,13H,5-6,12H2,1-4H3. The van der Waals surface area contributed by atoms with Crippen LogP contribution >= 0.6 is 0 Å². The molecule has 3 nitrogen and oxygen atoms in total. The fourth-order valence-electron chi connectivity index (χ4n) is 2.54. The van der Waals surface area contributed by atoms with Gasteiger partial charge in [0.15, 0.2) is 0 Å². The van der Waals surface area contributed by atoms with Gasteiger partial charge in [-0.1, -0.05) is 19.9 Å². The second kappa shape index (κ2) is 6.12. The predicted molar refractivity (Wildman–Crippen MR) is 84.0 cm³/mol. The summed E-state index contributed by atoms with van der Waals surface area (Å²) in [5, 5.41) is 1.21. The molecule has 0 aliphatic rings. The molecular formula is C17H24N2O. The molecule has 1 heterocycles. The molecule has 0 radical (unpaired) electrons. The molecule has 2 rings (SSSR count). The van der Waals surface area contributed by atoms with E-state index in [9.17, 15) is 4.79 Å². The topological polar surface area (TPSA) is 25.2 Å². The van der Waals surface area contributed by atoms with Crippen molar-refractivity contribution >= 4 is 16.8 Å². The van der Waals surface area contributed by atoms with Gasteiger partial charge in [-0.15, -0.1) is 0 Å². The van der Waals surface area contributed by atoms with Gasteiger partial charge in [-0.3, -0.25) is 4.79 Å². The third-order valence-electron chi connectivity index (χ3n) is 3.88. The summed E-state index contributed by atoms with van der Waals surface area (Å²) in [7, 11) is 0. The third-order valence-corrected chi connectivity index (χ3v) is 3.88. The van der Waals surface area contributed by atoms with E-state index < -0.39 is 0 Å². The molecule has 0 N–H and O–H groups in total. The van der Waals surface area contributed by atoms with Crippen molar-refractivity contribution in [1.29, 1.82) is 0 Å². The summed E-state index contributed by atoms with van der Waals surface area (Å²) in [4.78, 5) is 14.1. The number of nitrogens with zero attached hydrogens (tertiary/aromatic N) is 2. The molecule has 1 aromatic heterocycles. The fourth-order valence-corrected chi connectivity index (χ4v) is 2.54. The third kappa shape index (κ3) is 2.87. The fraction of sp³-hybridized carbons (Fsp3) is 0.471. The highest BCUT2D eigenvalue weighted by molar-refractivity contribution is 5.84. The Morgan fingerprint density at radius 2 is 1.90 bits per heavy atom. The number of benzene rings is 1. The van der Waals surface area contributed by atoms with Crippen LogP contribution in [0.1, 0.15) is 39.2 Å². The quantitative estimate of drug-likeness (QED) is 0.816. The minimum absolute atomic E-state index is 0.181. The Bertz CT molecular complexity index is 594. The van der Waals surface area contributed by atoms with Crippen LogP contribution in [-0.4, -0.2) is 28.5 Å². The molecule has 0 fully saturated rings. The normalized spacial score (nSPS) is 11.2. The lowest BCUT2D eigenvalue weighted by atomic mass is 10.0. The van der Waals surface area contributed by atoms with Crippen molar-refractivity contribution < 1.29 is 4.79 Å². The molecule has 0 unspecified atom stereocenters. The number of fused-ring (bicyclic) bond motifs is 1. The summed E-state index contributed by atoms with van der Waals surface area (Å²) in [6, 6.07) is 8.60.